The predicted octanol–water partition coefficient (Wildman–Crippen LogP) is 1.74. The molecule has 0 spiro atoms. The van der Waals surface area contributed by atoms with Gasteiger partial charge in [0.15, 0.2) is 0 Å². The predicted molar refractivity (Wildman–Crippen MR) is 72.5 cm³/mol. The van der Waals surface area contributed by atoms with E-state index in [0.29, 0.717) is 35.8 Å². The standard InChI is InChI=1S/C13H15ClN2O3/c1-13(12(18)19)4-5-16(7-13)10-3-2-8(14)6-9(10)11(15)17/h2-3,6H,4-5,7H2,1H3,(H2,15,17)(H,18,19). The van der Waals surface area contributed by atoms with Gasteiger partial charge in [-0.3, -0.25) is 9.59 Å². The van der Waals surface area contributed by atoms with Gasteiger partial charge in [-0.05, 0) is 31.5 Å². The van der Waals surface area contributed by atoms with E-state index in [9.17, 15) is 14.7 Å². The van der Waals surface area contributed by atoms with Crippen molar-refractivity contribution in [3.63, 3.8) is 0 Å². The first-order valence-corrected chi connectivity index (χ1v) is 6.29. The fourth-order valence-corrected chi connectivity index (χ4v) is 2.49. The summed E-state index contributed by atoms with van der Waals surface area (Å²) in [7, 11) is 0. The normalized spacial score (nSPS) is 22.5. The van der Waals surface area contributed by atoms with Gasteiger partial charge in [0.2, 0.25) is 0 Å². The van der Waals surface area contributed by atoms with Crippen LogP contribution in [-0.4, -0.2) is 30.1 Å². The van der Waals surface area contributed by atoms with Crippen molar-refractivity contribution < 1.29 is 14.7 Å². The number of nitrogens with zero attached hydrogens (tertiary/aromatic N) is 1. The Morgan fingerprint density at radius 1 is 1.47 bits per heavy atom. The highest BCUT2D eigenvalue weighted by Gasteiger charge is 2.41. The number of aliphatic carboxylic acids is 1. The second-order valence-corrected chi connectivity index (χ2v) is 5.50. The molecule has 0 saturated carbocycles. The van der Waals surface area contributed by atoms with Crippen molar-refractivity contribution in [2.75, 3.05) is 18.0 Å². The maximum atomic E-state index is 11.4. The lowest BCUT2D eigenvalue weighted by Gasteiger charge is -2.23. The number of primary amides is 1. The molecule has 0 radical (unpaired) electrons. The Labute approximate surface area is 116 Å². The van der Waals surface area contributed by atoms with Crippen LogP contribution in [0, 0.1) is 5.41 Å². The van der Waals surface area contributed by atoms with E-state index in [1.165, 1.54) is 6.07 Å². The highest BCUT2D eigenvalue weighted by molar-refractivity contribution is 6.31. The molecule has 1 aromatic rings. The van der Waals surface area contributed by atoms with Crippen molar-refractivity contribution >= 4 is 29.2 Å². The molecule has 0 bridgehead atoms. The number of carboxylic acids is 1. The Morgan fingerprint density at radius 2 is 2.16 bits per heavy atom. The van der Waals surface area contributed by atoms with Crippen LogP contribution in [0.2, 0.25) is 5.02 Å². The third-order valence-corrected chi connectivity index (χ3v) is 3.79. The zero-order valence-electron chi connectivity index (χ0n) is 10.5. The van der Waals surface area contributed by atoms with Gasteiger partial charge in [-0.1, -0.05) is 11.6 Å². The second kappa shape index (κ2) is 4.74. The average molecular weight is 283 g/mol. The lowest BCUT2D eigenvalue weighted by molar-refractivity contribution is -0.146. The Morgan fingerprint density at radius 3 is 2.68 bits per heavy atom. The maximum Gasteiger partial charge on any atom is 0.311 e. The monoisotopic (exact) mass is 282 g/mol. The summed E-state index contributed by atoms with van der Waals surface area (Å²) in [6, 6.07) is 4.88. The molecule has 0 aliphatic carbocycles. The molecule has 1 saturated heterocycles. The molecule has 1 atom stereocenters. The zero-order valence-corrected chi connectivity index (χ0v) is 11.3. The molecular weight excluding hydrogens is 268 g/mol. The number of carbonyl (C=O) groups is 2. The van der Waals surface area contributed by atoms with Gasteiger partial charge in [0, 0.05) is 23.8 Å². The summed E-state index contributed by atoms with van der Waals surface area (Å²) in [5.74, 6) is -1.40. The van der Waals surface area contributed by atoms with E-state index in [0.717, 1.165) is 0 Å². The third-order valence-electron chi connectivity index (χ3n) is 3.55. The van der Waals surface area contributed by atoms with E-state index in [4.69, 9.17) is 17.3 Å². The lowest BCUT2D eigenvalue weighted by atomic mass is 9.90. The number of carboxylic acid groups (broad SMARTS) is 1. The van der Waals surface area contributed by atoms with Gasteiger partial charge < -0.3 is 15.7 Å². The Kier molecular flexibility index (Phi) is 3.41. The van der Waals surface area contributed by atoms with Crippen LogP contribution in [-0.2, 0) is 4.79 Å². The van der Waals surface area contributed by atoms with Crippen molar-refractivity contribution in [2.24, 2.45) is 11.1 Å². The topological polar surface area (TPSA) is 83.6 Å². The minimum atomic E-state index is -0.829. The van der Waals surface area contributed by atoms with Crippen LogP contribution in [0.25, 0.3) is 0 Å². The minimum Gasteiger partial charge on any atom is -0.481 e. The summed E-state index contributed by atoms with van der Waals surface area (Å²) in [5, 5.41) is 9.65. The summed E-state index contributed by atoms with van der Waals surface area (Å²) in [4.78, 5) is 24.5. The number of halogens is 1. The van der Waals surface area contributed by atoms with Crippen LogP contribution in [0.5, 0.6) is 0 Å². The van der Waals surface area contributed by atoms with Crippen molar-refractivity contribution in [3.05, 3.63) is 28.8 Å². The van der Waals surface area contributed by atoms with Crippen LogP contribution in [0.15, 0.2) is 18.2 Å². The van der Waals surface area contributed by atoms with Gasteiger partial charge in [-0.2, -0.15) is 0 Å². The highest BCUT2D eigenvalue weighted by Crippen LogP contribution is 2.35. The van der Waals surface area contributed by atoms with E-state index in [1.807, 2.05) is 4.90 Å². The molecular formula is C13H15ClN2O3. The van der Waals surface area contributed by atoms with Crippen LogP contribution in [0.3, 0.4) is 0 Å². The van der Waals surface area contributed by atoms with Gasteiger partial charge in [0.25, 0.3) is 5.91 Å². The Balaban J connectivity index is 2.34. The molecule has 1 aliphatic rings. The third kappa shape index (κ3) is 2.51. The molecule has 1 aliphatic heterocycles. The zero-order chi connectivity index (χ0) is 14.2. The fourth-order valence-electron chi connectivity index (χ4n) is 2.32. The van der Waals surface area contributed by atoms with Crippen LogP contribution < -0.4 is 10.6 Å². The van der Waals surface area contributed by atoms with E-state index in [1.54, 1.807) is 19.1 Å². The van der Waals surface area contributed by atoms with Crippen LogP contribution in [0.4, 0.5) is 5.69 Å². The SMILES string of the molecule is CC1(C(=O)O)CCN(c2ccc(Cl)cc2C(N)=O)C1. The van der Waals surface area contributed by atoms with Crippen LogP contribution >= 0.6 is 11.6 Å². The number of rotatable bonds is 3. The molecule has 1 unspecified atom stereocenters. The molecule has 0 aromatic heterocycles. The van der Waals surface area contributed by atoms with E-state index < -0.39 is 17.3 Å². The lowest BCUT2D eigenvalue weighted by Crippen LogP contribution is -2.32. The second-order valence-electron chi connectivity index (χ2n) is 5.06. The summed E-state index contributed by atoms with van der Waals surface area (Å²) in [5.41, 5.74) is 5.50. The first-order chi connectivity index (χ1) is 8.83. The first kappa shape index (κ1) is 13.7. The molecule has 1 amide bonds. The van der Waals surface area contributed by atoms with E-state index in [-0.39, 0.29) is 0 Å². The van der Waals surface area contributed by atoms with Gasteiger partial charge in [-0.15, -0.1) is 0 Å². The molecule has 1 fully saturated rings. The van der Waals surface area contributed by atoms with Gasteiger partial charge in [0.05, 0.1) is 11.0 Å². The van der Waals surface area contributed by atoms with Crippen LogP contribution in [0.1, 0.15) is 23.7 Å². The minimum absolute atomic E-state index is 0.321. The maximum absolute atomic E-state index is 11.4. The Bertz CT molecular complexity index is 547. The summed E-state index contributed by atoms with van der Waals surface area (Å²) >= 11 is 5.85. The van der Waals surface area contributed by atoms with Crippen molar-refractivity contribution in [1.82, 2.24) is 0 Å². The molecule has 102 valence electrons. The van der Waals surface area contributed by atoms with Gasteiger partial charge >= 0.3 is 5.97 Å². The van der Waals surface area contributed by atoms with Crippen molar-refractivity contribution in [1.29, 1.82) is 0 Å². The number of benzene rings is 1. The number of hydrogen-bond donors (Lipinski definition) is 2. The van der Waals surface area contributed by atoms with E-state index in [2.05, 4.69) is 0 Å². The van der Waals surface area contributed by atoms with E-state index >= 15 is 0 Å². The first-order valence-electron chi connectivity index (χ1n) is 5.91. The number of anilines is 1. The molecule has 19 heavy (non-hydrogen) atoms. The molecule has 6 heteroatoms. The summed E-state index contributed by atoms with van der Waals surface area (Å²) in [6.07, 6.45) is 0.531. The Hall–Kier alpha value is -1.75. The van der Waals surface area contributed by atoms with Gasteiger partial charge in [-0.25, -0.2) is 0 Å². The number of nitrogens with two attached hydrogens (primary N) is 1. The molecule has 1 heterocycles. The summed E-state index contributed by atoms with van der Waals surface area (Å²) in [6.45, 7) is 2.63. The summed E-state index contributed by atoms with van der Waals surface area (Å²) < 4.78 is 0. The van der Waals surface area contributed by atoms with Crippen molar-refractivity contribution in [3.8, 4) is 0 Å². The largest absolute Gasteiger partial charge is 0.481 e. The quantitative estimate of drug-likeness (QED) is 0.884. The molecule has 1 aromatic carbocycles. The van der Waals surface area contributed by atoms with Gasteiger partial charge in [0.1, 0.15) is 0 Å². The smallest absolute Gasteiger partial charge is 0.311 e. The highest BCUT2D eigenvalue weighted by atomic mass is 35.5. The average Bonchev–Trinajstić information content (AvgIpc) is 2.73. The number of carbonyl (C=O) groups excluding carboxylic acids is 1. The molecule has 5 nitrogen and oxygen atoms in total. The van der Waals surface area contributed by atoms with Crippen molar-refractivity contribution in [2.45, 2.75) is 13.3 Å². The number of hydrogen-bond acceptors (Lipinski definition) is 3. The fraction of sp³-hybridized carbons (Fsp3) is 0.385. The molecule has 3 N–H and O–H groups in total. The number of amides is 1. The molecule has 2 rings (SSSR count).